The van der Waals surface area contributed by atoms with Gasteiger partial charge in [0, 0.05) is 24.3 Å². The van der Waals surface area contributed by atoms with Gasteiger partial charge in [0.05, 0.1) is 23.4 Å². The van der Waals surface area contributed by atoms with Crippen LogP contribution in [0.4, 0.5) is 5.13 Å². The number of carbonyl (C=O) groups excluding carboxylic acids is 1. The number of aromatic nitrogens is 3. The van der Waals surface area contributed by atoms with Gasteiger partial charge in [-0.25, -0.2) is 9.78 Å². The minimum atomic E-state index is -0.390. The molecule has 6 nitrogen and oxygen atoms in total. The van der Waals surface area contributed by atoms with Gasteiger partial charge in [-0.15, -0.1) is 0 Å². The summed E-state index contributed by atoms with van der Waals surface area (Å²) in [5, 5.41) is 5.61. The number of anilines is 1. The first kappa shape index (κ1) is 25.9. The number of rotatable bonds is 9. The maximum atomic E-state index is 12.3. The van der Waals surface area contributed by atoms with Crippen LogP contribution in [0.1, 0.15) is 67.8 Å². The smallest absolute Gasteiger partial charge is 0.358 e. The second kappa shape index (κ2) is 11.7. The lowest BCUT2D eigenvalue weighted by Crippen LogP contribution is -2.26. The molecule has 3 heterocycles. The molecule has 0 spiro atoms. The third kappa shape index (κ3) is 5.78. The van der Waals surface area contributed by atoms with E-state index in [1.807, 2.05) is 11.6 Å². The molecule has 1 aliphatic heterocycles. The molecule has 1 aliphatic rings. The van der Waals surface area contributed by atoms with Crippen molar-refractivity contribution in [3.8, 4) is 0 Å². The van der Waals surface area contributed by atoms with Crippen LogP contribution in [0.15, 0.2) is 48.6 Å². The number of ether oxygens (including phenoxy) is 1. The maximum absolute atomic E-state index is 12.3. The number of carbonyl (C=O) groups is 1. The van der Waals surface area contributed by atoms with Gasteiger partial charge in [-0.3, -0.25) is 4.68 Å². The number of hydrogen-bond acceptors (Lipinski definition) is 6. The molecule has 0 aliphatic carbocycles. The highest BCUT2D eigenvalue weighted by Gasteiger charge is 2.19. The lowest BCUT2D eigenvalue weighted by Gasteiger charge is -2.22. The second-order valence-corrected chi connectivity index (χ2v) is 10.2. The van der Waals surface area contributed by atoms with Gasteiger partial charge >= 0.3 is 5.97 Å². The maximum Gasteiger partial charge on any atom is 0.358 e. The van der Waals surface area contributed by atoms with E-state index < -0.39 is 5.97 Å². The summed E-state index contributed by atoms with van der Waals surface area (Å²) < 4.78 is 8.19. The summed E-state index contributed by atoms with van der Waals surface area (Å²) in [7, 11) is 0. The van der Waals surface area contributed by atoms with Gasteiger partial charge in [-0.05, 0) is 62.4 Å². The van der Waals surface area contributed by atoms with E-state index in [0.29, 0.717) is 24.8 Å². The third-order valence-corrected chi connectivity index (χ3v) is 7.63. The van der Waals surface area contributed by atoms with E-state index in [2.05, 4.69) is 73.3 Å². The van der Waals surface area contributed by atoms with E-state index in [9.17, 15) is 4.79 Å². The molecule has 3 aromatic rings. The summed E-state index contributed by atoms with van der Waals surface area (Å²) in [6.07, 6.45) is 13.3. The fraction of sp³-hybridized carbons (Fsp3) is 0.414. The summed E-state index contributed by atoms with van der Waals surface area (Å²) in [6, 6.07) is 6.28. The second-order valence-electron chi connectivity index (χ2n) is 9.22. The number of esters is 1. The van der Waals surface area contributed by atoms with Crippen molar-refractivity contribution in [1.82, 2.24) is 14.8 Å². The number of benzene rings is 1. The van der Waals surface area contributed by atoms with E-state index in [4.69, 9.17) is 9.72 Å². The lowest BCUT2D eigenvalue weighted by atomic mass is 9.99. The van der Waals surface area contributed by atoms with Crippen LogP contribution >= 0.6 is 11.3 Å². The van der Waals surface area contributed by atoms with Crippen molar-refractivity contribution in [1.29, 1.82) is 0 Å². The molecular weight excluding hydrogens is 468 g/mol. The van der Waals surface area contributed by atoms with Gasteiger partial charge < -0.3 is 9.64 Å². The number of fused-ring (bicyclic) bond motifs is 1. The number of nitrogens with zero attached hydrogens (tertiary/aromatic N) is 4. The molecule has 0 amide bonds. The van der Waals surface area contributed by atoms with Gasteiger partial charge in [0.2, 0.25) is 0 Å². The highest BCUT2D eigenvalue weighted by atomic mass is 32.1. The summed E-state index contributed by atoms with van der Waals surface area (Å²) in [5.41, 5.74) is 5.71. The molecule has 0 saturated heterocycles. The molecule has 0 N–H and O–H groups in total. The normalized spacial score (nSPS) is 15.2. The SMILES string of the molecule is C/C=C(\C=C/C(C)CC)c1cc(Cn2nc(C(=O)OCC)cc2C)c2nc(N3CC=CCC3)sc2c1. The fourth-order valence-electron chi connectivity index (χ4n) is 4.22. The Balaban J connectivity index is 1.77. The molecule has 1 aromatic carbocycles. The summed E-state index contributed by atoms with van der Waals surface area (Å²) >= 11 is 1.75. The first-order valence-electron chi connectivity index (χ1n) is 12.8. The lowest BCUT2D eigenvalue weighted by molar-refractivity contribution is 0.0518. The average molecular weight is 505 g/mol. The molecular formula is C29H36N4O2S. The van der Waals surface area contributed by atoms with E-state index in [0.717, 1.165) is 47.8 Å². The third-order valence-electron chi connectivity index (χ3n) is 6.57. The monoisotopic (exact) mass is 504 g/mol. The quantitative estimate of drug-likeness (QED) is 0.182. The van der Waals surface area contributed by atoms with Crippen LogP contribution in [0.5, 0.6) is 0 Å². The van der Waals surface area contributed by atoms with E-state index >= 15 is 0 Å². The molecule has 7 heteroatoms. The molecule has 0 saturated carbocycles. The Morgan fingerprint density at radius 3 is 2.78 bits per heavy atom. The minimum absolute atomic E-state index is 0.330. The predicted octanol–water partition coefficient (Wildman–Crippen LogP) is 6.80. The minimum Gasteiger partial charge on any atom is -0.461 e. The number of hydrogen-bond donors (Lipinski definition) is 0. The van der Waals surface area contributed by atoms with Gasteiger partial charge in [0.1, 0.15) is 0 Å². The molecule has 1 unspecified atom stereocenters. The van der Waals surface area contributed by atoms with Crippen molar-refractivity contribution < 1.29 is 9.53 Å². The summed E-state index contributed by atoms with van der Waals surface area (Å²) in [5.74, 6) is 0.136. The van der Waals surface area contributed by atoms with E-state index in [1.165, 1.54) is 15.8 Å². The number of thiazole rings is 1. The van der Waals surface area contributed by atoms with Crippen LogP contribution in [-0.4, -0.2) is 40.4 Å². The summed E-state index contributed by atoms with van der Waals surface area (Å²) in [4.78, 5) is 19.7. The molecule has 4 rings (SSSR count). The highest BCUT2D eigenvalue weighted by Crippen LogP contribution is 2.35. The Labute approximate surface area is 218 Å². The van der Waals surface area contributed by atoms with E-state index in [1.54, 1.807) is 24.3 Å². The van der Waals surface area contributed by atoms with Crippen LogP contribution < -0.4 is 4.90 Å². The highest BCUT2D eigenvalue weighted by molar-refractivity contribution is 7.22. The average Bonchev–Trinajstić information content (AvgIpc) is 3.49. The van der Waals surface area contributed by atoms with Crippen LogP contribution in [0, 0.1) is 12.8 Å². The molecule has 2 aromatic heterocycles. The zero-order valence-electron chi connectivity index (χ0n) is 22.0. The topological polar surface area (TPSA) is 60.3 Å². The first-order valence-corrected chi connectivity index (χ1v) is 13.6. The van der Waals surface area contributed by atoms with Crippen molar-refractivity contribution >= 4 is 38.2 Å². The predicted molar refractivity (Wildman–Crippen MR) is 150 cm³/mol. The van der Waals surface area contributed by atoms with Gasteiger partial charge in [-0.1, -0.05) is 62.0 Å². The molecule has 1 atom stereocenters. The number of allylic oxidation sites excluding steroid dienone is 4. The molecule has 0 bridgehead atoms. The van der Waals surface area contributed by atoms with Crippen LogP contribution in [0.3, 0.4) is 0 Å². The Morgan fingerprint density at radius 1 is 1.25 bits per heavy atom. The van der Waals surface area contributed by atoms with Crippen molar-refractivity contribution in [2.45, 2.75) is 54.0 Å². The molecule has 36 heavy (non-hydrogen) atoms. The van der Waals surface area contributed by atoms with E-state index in [-0.39, 0.29) is 0 Å². The first-order chi connectivity index (χ1) is 17.4. The number of aryl methyl sites for hydroxylation is 1. The van der Waals surface area contributed by atoms with Crippen molar-refractivity contribution in [2.75, 3.05) is 24.6 Å². The van der Waals surface area contributed by atoms with Gasteiger partial charge in [0.15, 0.2) is 10.8 Å². The van der Waals surface area contributed by atoms with Crippen LogP contribution in [-0.2, 0) is 11.3 Å². The zero-order valence-corrected chi connectivity index (χ0v) is 22.8. The van der Waals surface area contributed by atoms with Crippen LogP contribution in [0.25, 0.3) is 15.8 Å². The molecule has 190 valence electrons. The molecule has 0 radical (unpaired) electrons. The van der Waals surface area contributed by atoms with Crippen molar-refractivity contribution in [3.05, 3.63) is 71.1 Å². The largest absolute Gasteiger partial charge is 0.461 e. The molecule has 0 fully saturated rings. The summed E-state index contributed by atoms with van der Waals surface area (Å²) in [6.45, 7) is 13.0. The Morgan fingerprint density at radius 2 is 2.08 bits per heavy atom. The standard InChI is InChI=1S/C29H36N4O2S/c1-6-20(4)12-13-22(7-2)23-17-24(19-33-21(5)16-25(31-33)28(34)35-8-3)27-26(18-23)36-29(30-27)32-14-10-9-11-15-32/h7,9-10,12-13,16-18,20H,6,8,11,14-15,19H2,1-5H3/b13-12-,22-7+. The Kier molecular flexibility index (Phi) is 8.41. The van der Waals surface area contributed by atoms with Gasteiger partial charge in [-0.2, -0.15) is 5.10 Å². The van der Waals surface area contributed by atoms with Crippen LogP contribution in [0.2, 0.25) is 0 Å². The van der Waals surface area contributed by atoms with Crippen molar-refractivity contribution in [3.63, 3.8) is 0 Å². The Bertz CT molecular complexity index is 1310. The van der Waals surface area contributed by atoms with Gasteiger partial charge in [0.25, 0.3) is 0 Å². The fourth-order valence-corrected chi connectivity index (χ4v) is 5.31. The Hall–Kier alpha value is -3.19. The van der Waals surface area contributed by atoms with Crippen molar-refractivity contribution in [2.24, 2.45) is 5.92 Å². The zero-order chi connectivity index (χ0) is 25.7.